The van der Waals surface area contributed by atoms with Gasteiger partial charge >= 0.3 is 5.97 Å². The molecule has 0 atom stereocenters. The number of allylic oxidation sites excluding steroid dienone is 2. The Balaban J connectivity index is 2.28. The molecule has 3 heteroatoms. The van der Waals surface area contributed by atoms with Gasteiger partial charge in [0, 0.05) is 27.5 Å². The van der Waals surface area contributed by atoms with E-state index in [0.717, 1.165) is 33.9 Å². The van der Waals surface area contributed by atoms with Crippen LogP contribution < -0.4 is 4.74 Å². The van der Waals surface area contributed by atoms with Crippen molar-refractivity contribution in [3.05, 3.63) is 58.7 Å². The average molecular weight is 322 g/mol. The Labute approximate surface area is 142 Å². The van der Waals surface area contributed by atoms with Crippen LogP contribution in [-0.2, 0) is 17.6 Å². The fourth-order valence-electron chi connectivity index (χ4n) is 3.18. The second-order valence-electron chi connectivity index (χ2n) is 6.45. The Kier molecular flexibility index (Phi) is 4.18. The van der Waals surface area contributed by atoms with Gasteiger partial charge in [0.05, 0.1) is 0 Å². The van der Waals surface area contributed by atoms with Crippen LogP contribution in [0.4, 0.5) is 0 Å². The van der Waals surface area contributed by atoms with Gasteiger partial charge in [0.15, 0.2) is 0 Å². The summed E-state index contributed by atoms with van der Waals surface area (Å²) in [5.74, 6) is 0.424. The molecule has 0 spiro atoms. The molecule has 0 aromatic heterocycles. The average Bonchev–Trinajstić information content (AvgIpc) is 2.57. The fourth-order valence-corrected chi connectivity index (χ4v) is 3.18. The van der Waals surface area contributed by atoms with E-state index < -0.39 is 5.97 Å². The van der Waals surface area contributed by atoms with Crippen LogP contribution in [0.1, 0.15) is 37.0 Å². The van der Waals surface area contributed by atoms with E-state index >= 15 is 0 Å². The number of aromatic hydroxyl groups is 1. The second kappa shape index (κ2) is 6.16. The van der Waals surface area contributed by atoms with Crippen molar-refractivity contribution in [1.82, 2.24) is 0 Å². The summed E-state index contributed by atoms with van der Waals surface area (Å²) in [6, 6.07) is 5.81. The zero-order chi connectivity index (χ0) is 17.4. The van der Waals surface area contributed by atoms with Crippen LogP contribution in [0.15, 0.2) is 42.0 Å². The second-order valence-corrected chi connectivity index (χ2v) is 6.45. The van der Waals surface area contributed by atoms with Crippen molar-refractivity contribution in [2.75, 3.05) is 0 Å². The molecule has 0 saturated carbocycles. The number of carbonyl (C=O) groups is 1. The Hall–Kier alpha value is -2.55. The number of aryl methyl sites for hydroxylation is 1. The Morgan fingerprint density at radius 2 is 2.04 bits per heavy atom. The lowest BCUT2D eigenvalue weighted by atomic mass is 9.86. The number of rotatable bonds is 3. The van der Waals surface area contributed by atoms with Gasteiger partial charge in [0.2, 0.25) is 0 Å². The molecule has 1 aliphatic carbocycles. The van der Waals surface area contributed by atoms with Crippen molar-refractivity contribution in [2.45, 2.75) is 40.0 Å². The fraction of sp³-hybridized carbons (Fsp3) is 0.286. The quantitative estimate of drug-likeness (QED) is 0.383. The van der Waals surface area contributed by atoms with Gasteiger partial charge in [0.1, 0.15) is 11.5 Å². The van der Waals surface area contributed by atoms with Crippen LogP contribution in [0.3, 0.4) is 0 Å². The summed E-state index contributed by atoms with van der Waals surface area (Å²) in [5, 5.41) is 12.3. The highest BCUT2D eigenvalue weighted by molar-refractivity contribution is 5.99. The summed E-state index contributed by atoms with van der Waals surface area (Å²) in [6.45, 7) is 9.40. The predicted molar refractivity (Wildman–Crippen MR) is 96.6 cm³/mol. The van der Waals surface area contributed by atoms with Crippen LogP contribution in [0.5, 0.6) is 11.5 Å². The van der Waals surface area contributed by atoms with Crippen molar-refractivity contribution in [3.63, 3.8) is 0 Å². The number of benzene rings is 2. The number of esters is 1. The highest BCUT2D eigenvalue weighted by atomic mass is 16.5. The highest BCUT2D eigenvalue weighted by Crippen LogP contribution is 2.44. The van der Waals surface area contributed by atoms with Gasteiger partial charge in [-0.2, -0.15) is 0 Å². The molecule has 1 N–H and O–H groups in total. The Morgan fingerprint density at radius 3 is 2.71 bits per heavy atom. The smallest absolute Gasteiger partial charge is 0.338 e. The van der Waals surface area contributed by atoms with Crippen molar-refractivity contribution in [3.8, 4) is 11.5 Å². The number of ether oxygens (including phenoxy) is 1. The first-order valence-corrected chi connectivity index (χ1v) is 8.25. The molecule has 0 heterocycles. The van der Waals surface area contributed by atoms with Crippen LogP contribution in [0.25, 0.3) is 10.8 Å². The first-order valence-electron chi connectivity index (χ1n) is 8.25. The molecule has 24 heavy (non-hydrogen) atoms. The number of hydrogen-bond donors (Lipinski definition) is 1. The lowest BCUT2D eigenvalue weighted by Gasteiger charge is -2.23. The molecule has 0 bridgehead atoms. The van der Waals surface area contributed by atoms with Crippen LogP contribution in [0, 0.1) is 6.92 Å². The van der Waals surface area contributed by atoms with Crippen molar-refractivity contribution in [1.29, 1.82) is 0 Å². The third-order valence-corrected chi connectivity index (χ3v) is 4.60. The molecule has 0 radical (unpaired) electrons. The van der Waals surface area contributed by atoms with E-state index in [2.05, 4.69) is 19.6 Å². The number of fused-ring (bicyclic) bond motifs is 2. The molecule has 3 rings (SSSR count). The molecule has 2 aromatic rings. The molecule has 0 fully saturated rings. The SMILES string of the molecule is C=C(C)C(=O)Oc1c2c(c(O)c3cc(C)ccc13)CC=C(CC)C2. The largest absolute Gasteiger partial charge is 0.507 e. The van der Waals surface area contributed by atoms with Gasteiger partial charge in [-0.05, 0) is 39.2 Å². The molecule has 0 unspecified atom stereocenters. The summed E-state index contributed by atoms with van der Waals surface area (Å²) in [7, 11) is 0. The first-order chi connectivity index (χ1) is 11.4. The zero-order valence-electron chi connectivity index (χ0n) is 14.4. The maximum Gasteiger partial charge on any atom is 0.338 e. The third-order valence-electron chi connectivity index (χ3n) is 4.60. The monoisotopic (exact) mass is 322 g/mol. The Morgan fingerprint density at radius 1 is 1.29 bits per heavy atom. The summed E-state index contributed by atoms with van der Waals surface area (Å²) in [5.41, 5.74) is 4.48. The van der Waals surface area contributed by atoms with E-state index in [-0.39, 0.29) is 0 Å². The topological polar surface area (TPSA) is 46.5 Å². The highest BCUT2D eigenvalue weighted by Gasteiger charge is 2.24. The maximum atomic E-state index is 12.1. The lowest BCUT2D eigenvalue weighted by Crippen LogP contribution is -2.13. The number of carbonyl (C=O) groups excluding carboxylic acids is 1. The predicted octanol–water partition coefficient (Wildman–Crippen LogP) is 4.77. The summed E-state index contributed by atoms with van der Waals surface area (Å²) in [6.07, 6.45) is 4.46. The molecular formula is C21H22O3. The number of phenols is 1. The minimum absolute atomic E-state index is 0.297. The van der Waals surface area contributed by atoms with E-state index in [1.54, 1.807) is 6.92 Å². The number of phenolic OH excluding ortho intramolecular Hbond substituents is 1. The van der Waals surface area contributed by atoms with Gasteiger partial charge in [0.25, 0.3) is 0 Å². The summed E-state index contributed by atoms with van der Waals surface area (Å²) >= 11 is 0. The number of hydrogen-bond acceptors (Lipinski definition) is 3. The molecule has 0 saturated heterocycles. The van der Waals surface area contributed by atoms with Crippen LogP contribution in [-0.4, -0.2) is 11.1 Å². The summed E-state index contributed by atoms with van der Waals surface area (Å²) in [4.78, 5) is 12.1. The van der Waals surface area contributed by atoms with Gasteiger partial charge in [-0.1, -0.05) is 42.8 Å². The molecule has 3 nitrogen and oxygen atoms in total. The lowest BCUT2D eigenvalue weighted by molar-refractivity contribution is -0.130. The standard InChI is InChI=1S/C21H22O3/c1-5-14-7-9-15-18(11-14)20(24-21(23)12(2)3)16-8-6-13(4)10-17(16)19(15)22/h6-8,10,22H,2,5,9,11H2,1,3-4H3. The van der Waals surface area contributed by atoms with Crippen LogP contribution in [0.2, 0.25) is 0 Å². The van der Waals surface area contributed by atoms with E-state index in [1.165, 1.54) is 5.57 Å². The molecule has 0 aliphatic heterocycles. The zero-order valence-corrected chi connectivity index (χ0v) is 14.4. The van der Waals surface area contributed by atoms with Crippen LogP contribution >= 0.6 is 0 Å². The normalized spacial score (nSPS) is 13.4. The molecule has 0 amide bonds. The first kappa shape index (κ1) is 16.3. The molecule has 2 aromatic carbocycles. The van der Waals surface area contributed by atoms with E-state index in [9.17, 15) is 9.90 Å². The van der Waals surface area contributed by atoms with E-state index in [1.807, 2.05) is 25.1 Å². The van der Waals surface area contributed by atoms with E-state index in [4.69, 9.17) is 4.74 Å². The van der Waals surface area contributed by atoms with Crippen molar-refractivity contribution in [2.24, 2.45) is 0 Å². The Bertz CT molecular complexity index is 888. The molecular weight excluding hydrogens is 300 g/mol. The third kappa shape index (κ3) is 2.71. The van der Waals surface area contributed by atoms with Crippen molar-refractivity contribution >= 4 is 16.7 Å². The van der Waals surface area contributed by atoms with E-state index in [0.29, 0.717) is 29.9 Å². The van der Waals surface area contributed by atoms with Gasteiger partial charge in [-0.3, -0.25) is 0 Å². The summed E-state index contributed by atoms with van der Waals surface area (Å²) < 4.78 is 5.70. The maximum absolute atomic E-state index is 12.1. The van der Waals surface area contributed by atoms with Crippen molar-refractivity contribution < 1.29 is 14.6 Å². The minimum atomic E-state index is -0.433. The van der Waals surface area contributed by atoms with Gasteiger partial charge in [-0.15, -0.1) is 0 Å². The minimum Gasteiger partial charge on any atom is -0.507 e. The van der Waals surface area contributed by atoms with Gasteiger partial charge < -0.3 is 9.84 Å². The molecule has 124 valence electrons. The van der Waals surface area contributed by atoms with Gasteiger partial charge in [-0.25, -0.2) is 4.79 Å². The molecule has 1 aliphatic rings.